The van der Waals surface area contributed by atoms with Crippen LogP contribution in [0, 0.1) is 0 Å². The van der Waals surface area contributed by atoms with Gasteiger partial charge in [-0.05, 0) is 26.4 Å². The molecule has 0 radical (unpaired) electrons. The van der Waals surface area contributed by atoms with Crippen LogP contribution in [-0.4, -0.2) is 45.0 Å². The summed E-state index contributed by atoms with van der Waals surface area (Å²) < 4.78 is 22.5. The first-order valence-electron chi connectivity index (χ1n) is 4.37. The standard InChI is InChI=1S/C8H17NO2S/c1-9-6-4-3-5-8(7-9)12(2,10)11/h8H,3-7H2,1-2H3. The summed E-state index contributed by atoms with van der Waals surface area (Å²) >= 11 is 0. The summed E-state index contributed by atoms with van der Waals surface area (Å²) in [6, 6.07) is 0. The third-order valence-corrected chi connectivity index (χ3v) is 4.03. The molecule has 0 spiro atoms. The Hall–Kier alpha value is -0.0900. The van der Waals surface area contributed by atoms with Crippen LogP contribution in [0.25, 0.3) is 0 Å². The fraction of sp³-hybridized carbons (Fsp3) is 1.00. The van der Waals surface area contributed by atoms with E-state index < -0.39 is 9.84 Å². The number of hydrogen-bond acceptors (Lipinski definition) is 3. The first kappa shape index (κ1) is 9.99. The van der Waals surface area contributed by atoms with E-state index in [-0.39, 0.29) is 5.25 Å². The van der Waals surface area contributed by atoms with Crippen LogP contribution < -0.4 is 0 Å². The van der Waals surface area contributed by atoms with Gasteiger partial charge in [-0.25, -0.2) is 8.42 Å². The third kappa shape index (κ3) is 2.75. The van der Waals surface area contributed by atoms with Gasteiger partial charge in [0, 0.05) is 12.8 Å². The topological polar surface area (TPSA) is 37.4 Å². The molecule has 0 saturated carbocycles. The lowest BCUT2D eigenvalue weighted by Crippen LogP contribution is -2.32. The van der Waals surface area contributed by atoms with Gasteiger partial charge < -0.3 is 4.90 Å². The van der Waals surface area contributed by atoms with Crippen LogP contribution in [0.4, 0.5) is 0 Å². The Morgan fingerprint density at radius 3 is 2.58 bits per heavy atom. The molecule has 1 saturated heterocycles. The number of nitrogens with zero attached hydrogens (tertiary/aromatic N) is 1. The van der Waals surface area contributed by atoms with Crippen molar-refractivity contribution < 1.29 is 8.42 Å². The highest BCUT2D eigenvalue weighted by molar-refractivity contribution is 7.91. The highest BCUT2D eigenvalue weighted by atomic mass is 32.2. The van der Waals surface area contributed by atoms with Crippen LogP contribution in [0.1, 0.15) is 19.3 Å². The van der Waals surface area contributed by atoms with Gasteiger partial charge in [-0.2, -0.15) is 0 Å². The summed E-state index contributed by atoms with van der Waals surface area (Å²) in [4.78, 5) is 2.11. The van der Waals surface area contributed by atoms with E-state index >= 15 is 0 Å². The van der Waals surface area contributed by atoms with Crippen LogP contribution in [0.15, 0.2) is 0 Å². The van der Waals surface area contributed by atoms with E-state index in [1.54, 1.807) is 0 Å². The van der Waals surface area contributed by atoms with E-state index in [4.69, 9.17) is 0 Å². The molecule has 1 heterocycles. The second kappa shape index (κ2) is 3.75. The van der Waals surface area contributed by atoms with Crippen molar-refractivity contribution in [2.45, 2.75) is 24.5 Å². The molecule has 1 aliphatic rings. The maximum Gasteiger partial charge on any atom is 0.151 e. The van der Waals surface area contributed by atoms with Crippen molar-refractivity contribution in [3.05, 3.63) is 0 Å². The molecule has 1 fully saturated rings. The predicted octanol–water partition coefficient (Wildman–Crippen LogP) is 0.515. The SMILES string of the molecule is CN1CCCCC(S(C)(=O)=O)C1. The van der Waals surface area contributed by atoms with Crippen molar-refractivity contribution >= 4 is 9.84 Å². The highest BCUT2D eigenvalue weighted by Crippen LogP contribution is 2.14. The molecule has 0 aromatic heterocycles. The van der Waals surface area contributed by atoms with E-state index in [0.717, 1.165) is 25.8 Å². The minimum absolute atomic E-state index is 0.134. The minimum Gasteiger partial charge on any atom is -0.305 e. The van der Waals surface area contributed by atoms with Gasteiger partial charge in [0.15, 0.2) is 9.84 Å². The Kier molecular flexibility index (Phi) is 3.12. The molecule has 4 heteroatoms. The van der Waals surface area contributed by atoms with Crippen LogP contribution in [0.5, 0.6) is 0 Å². The molecular formula is C8H17NO2S. The fourth-order valence-corrected chi connectivity index (χ4v) is 2.75. The van der Waals surface area contributed by atoms with Crippen molar-refractivity contribution in [2.75, 3.05) is 26.4 Å². The predicted molar refractivity (Wildman–Crippen MR) is 50.0 cm³/mol. The maximum atomic E-state index is 11.3. The monoisotopic (exact) mass is 191 g/mol. The van der Waals surface area contributed by atoms with Crippen LogP contribution in [0.3, 0.4) is 0 Å². The molecule has 1 unspecified atom stereocenters. The van der Waals surface area contributed by atoms with Crippen LogP contribution >= 0.6 is 0 Å². The van der Waals surface area contributed by atoms with Gasteiger partial charge in [0.1, 0.15) is 0 Å². The van der Waals surface area contributed by atoms with Gasteiger partial charge in [-0.1, -0.05) is 6.42 Å². The first-order chi connectivity index (χ1) is 5.50. The van der Waals surface area contributed by atoms with Gasteiger partial charge in [0.2, 0.25) is 0 Å². The second-order valence-corrected chi connectivity index (χ2v) is 6.04. The number of likely N-dealkylation sites (tertiary alicyclic amines) is 1. The van der Waals surface area contributed by atoms with Crippen molar-refractivity contribution in [1.82, 2.24) is 4.90 Å². The van der Waals surface area contributed by atoms with Crippen molar-refractivity contribution in [3.8, 4) is 0 Å². The molecule has 1 atom stereocenters. The molecule has 0 aromatic rings. The summed E-state index contributed by atoms with van der Waals surface area (Å²) in [6.07, 6.45) is 4.35. The largest absolute Gasteiger partial charge is 0.305 e. The average Bonchev–Trinajstić information content (AvgIpc) is 2.11. The van der Waals surface area contributed by atoms with Crippen molar-refractivity contribution in [3.63, 3.8) is 0 Å². The zero-order valence-corrected chi connectivity index (χ0v) is 8.60. The molecular weight excluding hydrogens is 174 g/mol. The second-order valence-electron chi connectivity index (χ2n) is 3.71. The Bertz CT molecular complexity index is 235. The highest BCUT2D eigenvalue weighted by Gasteiger charge is 2.23. The number of sulfone groups is 1. The molecule has 3 nitrogen and oxygen atoms in total. The quantitative estimate of drug-likeness (QED) is 0.606. The molecule has 0 bridgehead atoms. The van der Waals surface area contributed by atoms with Gasteiger partial charge in [0.05, 0.1) is 5.25 Å². The maximum absolute atomic E-state index is 11.3. The Morgan fingerprint density at radius 1 is 1.33 bits per heavy atom. The third-order valence-electron chi connectivity index (χ3n) is 2.44. The van der Waals surface area contributed by atoms with E-state index in [0.29, 0.717) is 6.54 Å². The van der Waals surface area contributed by atoms with E-state index in [1.165, 1.54) is 6.26 Å². The smallest absolute Gasteiger partial charge is 0.151 e. The molecule has 0 aliphatic carbocycles. The Morgan fingerprint density at radius 2 is 2.00 bits per heavy atom. The molecule has 1 rings (SSSR count). The van der Waals surface area contributed by atoms with Gasteiger partial charge >= 0.3 is 0 Å². The molecule has 0 aromatic carbocycles. The van der Waals surface area contributed by atoms with Crippen LogP contribution in [-0.2, 0) is 9.84 Å². The summed E-state index contributed by atoms with van der Waals surface area (Å²) in [6.45, 7) is 1.74. The lowest BCUT2D eigenvalue weighted by Gasteiger charge is -2.17. The van der Waals surface area contributed by atoms with Gasteiger partial charge in [-0.15, -0.1) is 0 Å². The Labute approximate surface area is 74.7 Å². The van der Waals surface area contributed by atoms with Crippen molar-refractivity contribution in [2.24, 2.45) is 0 Å². The fourth-order valence-electron chi connectivity index (χ4n) is 1.63. The van der Waals surface area contributed by atoms with E-state index in [9.17, 15) is 8.42 Å². The normalized spacial score (nSPS) is 28.3. The molecule has 12 heavy (non-hydrogen) atoms. The molecule has 1 aliphatic heterocycles. The summed E-state index contributed by atoms with van der Waals surface area (Å²) in [5, 5.41) is -0.134. The van der Waals surface area contributed by atoms with E-state index in [2.05, 4.69) is 4.90 Å². The van der Waals surface area contributed by atoms with Gasteiger partial charge in [0.25, 0.3) is 0 Å². The Balaban J connectivity index is 2.65. The zero-order chi connectivity index (χ0) is 9.19. The minimum atomic E-state index is -2.82. The van der Waals surface area contributed by atoms with Crippen molar-refractivity contribution in [1.29, 1.82) is 0 Å². The summed E-state index contributed by atoms with van der Waals surface area (Å²) in [7, 11) is -0.834. The van der Waals surface area contributed by atoms with E-state index in [1.807, 2.05) is 7.05 Å². The zero-order valence-electron chi connectivity index (χ0n) is 7.78. The van der Waals surface area contributed by atoms with Crippen LogP contribution in [0.2, 0.25) is 0 Å². The lowest BCUT2D eigenvalue weighted by molar-refractivity contribution is 0.349. The summed E-state index contributed by atoms with van der Waals surface area (Å²) in [5.41, 5.74) is 0. The number of hydrogen-bond donors (Lipinski definition) is 0. The lowest BCUT2D eigenvalue weighted by atomic mass is 10.2. The molecule has 72 valence electrons. The first-order valence-corrected chi connectivity index (χ1v) is 6.33. The summed E-state index contributed by atoms with van der Waals surface area (Å²) in [5.74, 6) is 0. The molecule has 0 N–H and O–H groups in total. The average molecular weight is 191 g/mol. The van der Waals surface area contributed by atoms with Gasteiger partial charge in [-0.3, -0.25) is 0 Å². The molecule has 0 amide bonds. The number of rotatable bonds is 1.